The summed E-state index contributed by atoms with van der Waals surface area (Å²) in [6, 6.07) is 0. The lowest BCUT2D eigenvalue weighted by Gasteiger charge is -2.05. The van der Waals surface area contributed by atoms with E-state index in [0.29, 0.717) is 0 Å². The van der Waals surface area contributed by atoms with Crippen LogP contribution in [0.3, 0.4) is 0 Å². The molecule has 0 saturated carbocycles. The van der Waals surface area contributed by atoms with Gasteiger partial charge in [-0.25, -0.2) is 9.59 Å². The second-order valence-corrected chi connectivity index (χ2v) is 3.48. The highest BCUT2D eigenvalue weighted by Crippen LogP contribution is 1.94. The first-order valence-electron chi connectivity index (χ1n) is 4.66. The molecule has 0 rings (SSSR count). The Morgan fingerprint density at radius 1 is 1.40 bits per heavy atom. The van der Waals surface area contributed by atoms with E-state index < -0.39 is 11.9 Å². The van der Waals surface area contributed by atoms with E-state index in [2.05, 4.69) is 11.3 Å². The molecule has 0 atom stereocenters. The summed E-state index contributed by atoms with van der Waals surface area (Å²) in [4.78, 5) is 23.9. The SMILES string of the molecule is C=C(C)C(=O)OC(=O)C=CCCN(C)C. The molecular formula is C11H17NO3. The van der Waals surface area contributed by atoms with Crippen LogP contribution in [0.5, 0.6) is 0 Å². The molecule has 4 nitrogen and oxygen atoms in total. The second kappa shape index (κ2) is 6.95. The molecule has 0 aliphatic rings. The summed E-state index contributed by atoms with van der Waals surface area (Å²) < 4.78 is 4.44. The normalized spacial score (nSPS) is 10.7. The van der Waals surface area contributed by atoms with Crippen LogP contribution in [0.4, 0.5) is 0 Å². The molecule has 0 aliphatic carbocycles. The van der Waals surface area contributed by atoms with Crippen molar-refractivity contribution in [1.82, 2.24) is 4.90 Å². The number of carbonyl (C=O) groups is 2. The Morgan fingerprint density at radius 2 is 2.00 bits per heavy atom. The van der Waals surface area contributed by atoms with Crippen molar-refractivity contribution in [2.45, 2.75) is 13.3 Å². The largest absolute Gasteiger partial charge is 0.386 e. The fourth-order valence-corrected chi connectivity index (χ4v) is 0.725. The van der Waals surface area contributed by atoms with E-state index >= 15 is 0 Å². The predicted molar refractivity (Wildman–Crippen MR) is 58.2 cm³/mol. The monoisotopic (exact) mass is 211 g/mol. The van der Waals surface area contributed by atoms with E-state index in [0.717, 1.165) is 13.0 Å². The summed E-state index contributed by atoms with van der Waals surface area (Å²) in [5.74, 6) is -1.33. The van der Waals surface area contributed by atoms with Crippen molar-refractivity contribution in [2.75, 3.05) is 20.6 Å². The molecule has 0 saturated heterocycles. The van der Waals surface area contributed by atoms with Gasteiger partial charge in [-0.1, -0.05) is 12.7 Å². The molecule has 0 aromatic rings. The Bertz CT molecular complexity index is 280. The minimum Gasteiger partial charge on any atom is -0.386 e. The van der Waals surface area contributed by atoms with Crippen molar-refractivity contribution in [3.63, 3.8) is 0 Å². The average Bonchev–Trinajstić information content (AvgIpc) is 2.12. The van der Waals surface area contributed by atoms with Gasteiger partial charge in [0.15, 0.2) is 0 Å². The van der Waals surface area contributed by atoms with E-state index in [9.17, 15) is 9.59 Å². The number of nitrogens with zero attached hydrogens (tertiary/aromatic N) is 1. The van der Waals surface area contributed by atoms with Gasteiger partial charge in [0.05, 0.1) is 0 Å². The molecule has 0 aromatic carbocycles. The molecule has 0 amide bonds. The van der Waals surface area contributed by atoms with Gasteiger partial charge in [0, 0.05) is 18.2 Å². The quantitative estimate of drug-likeness (QED) is 0.388. The summed E-state index contributed by atoms with van der Waals surface area (Å²) in [5, 5.41) is 0. The lowest BCUT2D eigenvalue weighted by Crippen LogP contribution is -2.12. The Balaban J connectivity index is 3.83. The molecule has 0 fully saturated rings. The molecule has 84 valence electrons. The van der Waals surface area contributed by atoms with Crippen molar-refractivity contribution < 1.29 is 14.3 Å². The highest BCUT2D eigenvalue weighted by atomic mass is 16.6. The minimum atomic E-state index is -0.683. The Kier molecular flexibility index (Phi) is 6.29. The van der Waals surface area contributed by atoms with Crippen LogP contribution in [-0.2, 0) is 14.3 Å². The second-order valence-electron chi connectivity index (χ2n) is 3.48. The highest BCUT2D eigenvalue weighted by molar-refractivity contribution is 5.98. The fourth-order valence-electron chi connectivity index (χ4n) is 0.725. The van der Waals surface area contributed by atoms with Gasteiger partial charge in [-0.05, 0) is 27.4 Å². The van der Waals surface area contributed by atoms with Crippen LogP contribution < -0.4 is 0 Å². The van der Waals surface area contributed by atoms with Gasteiger partial charge in [-0.2, -0.15) is 0 Å². The zero-order valence-corrected chi connectivity index (χ0v) is 9.45. The van der Waals surface area contributed by atoms with Crippen molar-refractivity contribution in [3.05, 3.63) is 24.3 Å². The van der Waals surface area contributed by atoms with Crippen LogP contribution >= 0.6 is 0 Å². The van der Waals surface area contributed by atoms with E-state index in [-0.39, 0.29) is 5.57 Å². The van der Waals surface area contributed by atoms with Gasteiger partial charge < -0.3 is 9.64 Å². The molecule has 4 heteroatoms. The van der Waals surface area contributed by atoms with Crippen molar-refractivity contribution in [2.24, 2.45) is 0 Å². The van der Waals surface area contributed by atoms with Crippen molar-refractivity contribution >= 4 is 11.9 Å². The van der Waals surface area contributed by atoms with Gasteiger partial charge in [-0.15, -0.1) is 0 Å². The maximum absolute atomic E-state index is 11.0. The molecule has 0 spiro atoms. The third-order valence-corrected chi connectivity index (χ3v) is 1.54. The number of hydrogen-bond acceptors (Lipinski definition) is 4. The first-order chi connectivity index (χ1) is 6.93. The lowest BCUT2D eigenvalue weighted by atomic mass is 10.3. The molecule has 0 unspecified atom stereocenters. The smallest absolute Gasteiger partial charge is 0.340 e. The van der Waals surface area contributed by atoms with Crippen LogP contribution in [-0.4, -0.2) is 37.5 Å². The summed E-state index contributed by atoms with van der Waals surface area (Å²) in [7, 11) is 3.88. The van der Waals surface area contributed by atoms with Gasteiger partial charge in [-0.3, -0.25) is 0 Å². The van der Waals surface area contributed by atoms with Crippen LogP contribution in [0.1, 0.15) is 13.3 Å². The van der Waals surface area contributed by atoms with Crippen LogP contribution in [0, 0.1) is 0 Å². The van der Waals surface area contributed by atoms with Gasteiger partial charge in [0.1, 0.15) is 0 Å². The topological polar surface area (TPSA) is 46.6 Å². The maximum atomic E-state index is 11.0. The molecule has 15 heavy (non-hydrogen) atoms. The first-order valence-corrected chi connectivity index (χ1v) is 4.66. The minimum absolute atomic E-state index is 0.213. The number of carbonyl (C=O) groups excluding carboxylic acids is 2. The molecular weight excluding hydrogens is 194 g/mol. The van der Waals surface area contributed by atoms with Crippen LogP contribution in [0.15, 0.2) is 24.3 Å². The summed E-state index contributed by atoms with van der Waals surface area (Å²) >= 11 is 0. The molecule has 0 N–H and O–H groups in total. The maximum Gasteiger partial charge on any atom is 0.340 e. The predicted octanol–water partition coefficient (Wildman–Crippen LogP) is 1.14. The average molecular weight is 211 g/mol. The molecule has 0 radical (unpaired) electrons. The Morgan fingerprint density at radius 3 is 2.47 bits per heavy atom. The number of ether oxygens (including phenoxy) is 1. The van der Waals surface area contributed by atoms with Gasteiger partial charge in [0.25, 0.3) is 0 Å². The molecule has 0 aromatic heterocycles. The van der Waals surface area contributed by atoms with Crippen LogP contribution in [0.25, 0.3) is 0 Å². The summed E-state index contributed by atoms with van der Waals surface area (Å²) in [6.07, 6.45) is 3.67. The van der Waals surface area contributed by atoms with E-state index in [1.807, 2.05) is 19.0 Å². The van der Waals surface area contributed by atoms with Crippen LogP contribution in [0.2, 0.25) is 0 Å². The number of rotatable bonds is 5. The zero-order chi connectivity index (χ0) is 11.8. The fraction of sp³-hybridized carbons (Fsp3) is 0.455. The third-order valence-electron chi connectivity index (χ3n) is 1.54. The van der Waals surface area contributed by atoms with Crippen molar-refractivity contribution in [1.29, 1.82) is 0 Å². The highest BCUT2D eigenvalue weighted by Gasteiger charge is 2.07. The molecule has 0 bridgehead atoms. The molecule has 0 heterocycles. The van der Waals surface area contributed by atoms with Crippen molar-refractivity contribution in [3.8, 4) is 0 Å². The Hall–Kier alpha value is -1.42. The Labute approximate surface area is 90.2 Å². The standard InChI is InChI=1S/C11H17NO3/c1-9(2)11(14)15-10(13)7-5-6-8-12(3)4/h5,7H,1,6,8H2,2-4H3. The van der Waals surface area contributed by atoms with Gasteiger partial charge in [0.2, 0.25) is 0 Å². The molecule has 0 aliphatic heterocycles. The van der Waals surface area contributed by atoms with E-state index in [1.54, 1.807) is 6.08 Å². The van der Waals surface area contributed by atoms with E-state index in [4.69, 9.17) is 0 Å². The summed E-state index contributed by atoms with van der Waals surface area (Å²) in [5.41, 5.74) is 0.213. The van der Waals surface area contributed by atoms with Gasteiger partial charge >= 0.3 is 11.9 Å². The summed E-state index contributed by atoms with van der Waals surface area (Å²) in [6.45, 7) is 5.71. The number of hydrogen-bond donors (Lipinski definition) is 0. The van der Waals surface area contributed by atoms with E-state index in [1.165, 1.54) is 13.0 Å². The zero-order valence-electron chi connectivity index (χ0n) is 9.45. The first kappa shape index (κ1) is 13.6. The lowest BCUT2D eigenvalue weighted by molar-refractivity contribution is -0.153. The number of esters is 2. The third kappa shape index (κ3) is 7.64.